The summed E-state index contributed by atoms with van der Waals surface area (Å²) in [7, 11) is 1.71. The molecule has 106 valence electrons. The summed E-state index contributed by atoms with van der Waals surface area (Å²) < 4.78 is 5.11. The first-order valence-corrected chi connectivity index (χ1v) is 6.18. The SMILES string of the molecule is CN=C(NCCNC(=O)OC(C)(C)C)NC(C)C. The molecule has 0 saturated heterocycles. The number of nitrogens with zero attached hydrogens (tertiary/aromatic N) is 1. The molecule has 0 unspecified atom stereocenters. The first-order chi connectivity index (χ1) is 8.24. The highest BCUT2D eigenvalue weighted by atomic mass is 16.6. The van der Waals surface area contributed by atoms with Gasteiger partial charge in [0.15, 0.2) is 5.96 Å². The molecule has 0 heterocycles. The molecule has 18 heavy (non-hydrogen) atoms. The van der Waals surface area contributed by atoms with Gasteiger partial charge in [-0.1, -0.05) is 0 Å². The number of hydrogen-bond acceptors (Lipinski definition) is 3. The molecule has 0 aromatic heterocycles. The number of hydrogen-bond donors (Lipinski definition) is 3. The van der Waals surface area contributed by atoms with Gasteiger partial charge in [-0.2, -0.15) is 0 Å². The van der Waals surface area contributed by atoms with Crippen LogP contribution >= 0.6 is 0 Å². The van der Waals surface area contributed by atoms with E-state index >= 15 is 0 Å². The van der Waals surface area contributed by atoms with Crippen molar-refractivity contribution < 1.29 is 9.53 Å². The van der Waals surface area contributed by atoms with E-state index in [4.69, 9.17) is 4.74 Å². The van der Waals surface area contributed by atoms with Crippen molar-refractivity contribution in [3.8, 4) is 0 Å². The fraction of sp³-hybridized carbons (Fsp3) is 0.833. The van der Waals surface area contributed by atoms with Gasteiger partial charge in [-0.05, 0) is 34.6 Å². The molecule has 0 atom stereocenters. The number of carbonyl (C=O) groups excluding carboxylic acids is 1. The zero-order valence-corrected chi connectivity index (χ0v) is 12.3. The minimum absolute atomic E-state index is 0.315. The molecule has 0 spiro atoms. The lowest BCUT2D eigenvalue weighted by Crippen LogP contribution is -2.44. The third-order valence-corrected chi connectivity index (χ3v) is 1.73. The number of guanidine groups is 1. The summed E-state index contributed by atoms with van der Waals surface area (Å²) in [5.41, 5.74) is -0.466. The molecule has 0 aromatic carbocycles. The molecule has 0 rings (SSSR count). The molecular weight excluding hydrogens is 232 g/mol. The molecule has 3 N–H and O–H groups in total. The summed E-state index contributed by atoms with van der Waals surface area (Å²) in [6.45, 7) is 10.6. The summed E-state index contributed by atoms with van der Waals surface area (Å²) in [4.78, 5) is 15.4. The van der Waals surface area contributed by atoms with E-state index in [0.29, 0.717) is 19.1 Å². The Bertz CT molecular complexity index is 282. The van der Waals surface area contributed by atoms with Crippen LogP contribution in [0.15, 0.2) is 4.99 Å². The van der Waals surface area contributed by atoms with Crippen LogP contribution in [-0.2, 0) is 4.74 Å². The van der Waals surface area contributed by atoms with E-state index in [1.807, 2.05) is 34.6 Å². The van der Waals surface area contributed by atoms with E-state index in [9.17, 15) is 4.79 Å². The molecule has 6 heteroatoms. The summed E-state index contributed by atoms with van der Waals surface area (Å²) >= 11 is 0. The Morgan fingerprint density at radius 3 is 2.22 bits per heavy atom. The Kier molecular flexibility index (Phi) is 7.16. The van der Waals surface area contributed by atoms with Gasteiger partial charge in [-0.15, -0.1) is 0 Å². The Labute approximate surface area is 110 Å². The number of aliphatic imine (C=N–C) groups is 1. The zero-order valence-electron chi connectivity index (χ0n) is 12.3. The second-order valence-electron chi connectivity index (χ2n) is 5.23. The van der Waals surface area contributed by atoms with Crippen molar-refractivity contribution in [2.75, 3.05) is 20.1 Å². The van der Waals surface area contributed by atoms with Crippen molar-refractivity contribution in [2.45, 2.75) is 46.3 Å². The maximum Gasteiger partial charge on any atom is 0.407 e. The lowest BCUT2D eigenvalue weighted by atomic mass is 10.2. The lowest BCUT2D eigenvalue weighted by Gasteiger charge is -2.20. The van der Waals surface area contributed by atoms with Crippen molar-refractivity contribution >= 4 is 12.1 Å². The molecule has 0 saturated carbocycles. The van der Waals surface area contributed by atoms with Crippen molar-refractivity contribution in [3.63, 3.8) is 0 Å². The summed E-state index contributed by atoms with van der Waals surface area (Å²) in [6.07, 6.45) is -0.406. The van der Waals surface area contributed by atoms with Gasteiger partial charge in [0.2, 0.25) is 0 Å². The first kappa shape index (κ1) is 16.5. The lowest BCUT2D eigenvalue weighted by molar-refractivity contribution is 0.0529. The van der Waals surface area contributed by atoms with E-state index in [-0.39, 0.29) is 0 Å². The average Bonchev–Trinajstić information content (AvgIpc) is 2.19. The van der Waals surface area contributed by atoms with Crippen LogP contribution in [0, 0.1) is 0 Å². The monoisotopic (exact) mass is 258 g/mol. The highest BCUT2D eigenvalue weighted by Crippen LogP contribution is 2.05. The van der Waals surface area contributed by atoms with Gasteiger partial charge >= 0.3 is 6.09 Å². The maximum atomic E-state index is 11.3. The molecular formula is C12H26N4O2. The van der Waals surface area contributed by atoms with Crippen LogP contribution in [0.2, 0.25) is 0 Å². The topological polar surface area (TPSA) is 74.8 Å². The number of alkyl carbamates (subject to hydrolysis) is 1. The molecule has 0 bridgehead atoms. The Morgan fingerprint density at radius 2 is 1.78 bits per heavy atom. The van der Waals surface area contributed by atoms with Crippen LogP contribution in [0.1, 0.15) is 34.6 Å². The molecule has 1 amide bonds. The predicted octanol–water partition coefficient (Wildman–Crippen LogP) is 1.08. The van der Waals surface area contributed by atoms with Crippen LogP contribution in [-0.4, -0.2) is 43.8 Å². The normalized spacial score (nSPS) is 12.3. The van der Waals surface area contributed by atoms with Crippen molar-refractivity contribution in [1.29, 1.82) is 0 Å². The van der Waals surface area contributed by atoms with Gasteiger partial charge in [0.25, 0.3) is 0 Å². The van der Waals surface area contributed by atoms with E-state index in [1.54, 1.807) is 7.05 Å². The summed E-state index contributed by atoms with van der Waals surface area (Å²) in [5.74, 6) is 0.719. The second kappa shape index (κ2) is 7.79. The molecule has 0 aliphatic heterocycles. The van der Waals surface area contributed by atoms with Gasteiger partial charge in [-0.3, -0.25) is 4.99 Å². The van der Waals surface area contributed by atoms with Gasteiger partial charge in [0.1, 0.15) is 5.60 Å². The summed E-state index contributed by atoms with van der Waals surface area (Å²) in [5, 5.41) is 8.90. The molecule has 0 aliphatic carbocycles. The third kappa shape index (κ3) is 9.74. The van der Waals surface area contributed by atoms with E-state index < -0.39 is 11.7 Å². The number of rotatable bonds is 4. The smallest absolute Gasteiger partial charge is 0.407 e. The standard InChI is InChI=1S/C12H26N4O2/c1-9(2)16-10(13-6)14-7-8-15-11(17)18-12(3,4)5/h9H,7-8H2,1-6H3,(H,15,17)(H2,13,14,16). The van der Waals surface area contributed by atoms with Crippen LogP contribution in [0.25, 0.3) is 0 Å². The van der Waals surface area contributed by atoms with Gasteiger partial charge in [0, 0.05) is 26.2 Å². The van der Waals surface area contributed by atoms with Crippen molar-refractivity contribution in [1.82, 2.24) is 16.0 Å². The molecule has 0 aromatic rings. The highest BCUT2D eigenvalue weighted by molar-refractivity contribution is 5.79. The minimum Gasteiger partial charge on any atom is -0.444 e. The van der Waals surface area contributed by atoms with E-state index in [2.05, 4.69) is 20.9 Å². The molecule has 0 radical (unpaired) electrons. The Morgan fingerprint density at radius 1 is 1.22 bits per heavy atom. The van der Waals surface area contributed by atoms with E-state index in [0.717, 1.165) is 5.96 Å². The second-order valence-corrected chi connectivity index (χ2v) is 5.23. The fourth-order valence-corrected chi connectivity index (χ4v) is 1.13. The quantitative estimate of drug-likeness (QED) is 0.401. The third-order valence-electron chi connectivity index (χ3n) is 1.73. The number of amides is 1. The molecule has 6 nitrogen and oxygen atoms in total. The molecule has 0 aliphatic rings. The van der Waals surface area contributed by atoms with Gasteiger partial charge < -0.3 is 20.7 Å². The molecule has 0 fully saturated rings. The van der Waals surface area contributed by atoms with Gasteiger partial charge in [0.05, 0.1) is 0 Å². The van der Waals surface area contributed by atoms with Crippen LogP contribution < -0.4 is 16.0 Å². The van der Waals surface area contributed by atoms with E-state index in [1.165, 1.54) is 0 Å². The fourth-order valence-electron chi connectivity index (χ4n) is 1.13. The minimum atomic E-state index is -0.466. The Balaban J connectivity index is 3.76. The number of nitrogens with one attached hydrogen (secondary N) is 3. The first-order valence-electron chi connectivity index (χ1n) is 6.18. The van der Waals surface area contributed by atoms with Crippen molar-refractivity contribution in [3.05, 3.63) is 0 Å². The van der Waals surface area contributed by atoms with Gasteiger partial charge in [-0.25, -0.2) is 4.79 Å². The number of ether oxygens (including phenoxy) is 1. The number of carbonyl (C=O) groups is 1. The predicted molar refractivity (Wildman–Crippen MR) is 73.9 cm³/mol. The van der Waals surface area contributed by atoms with Crippen molar-refractivity contribution in [2.24, 2.45) is 4.99 Å². The van der Waals surface area contributed by atoms with Crippen LogP contribution in [0.5, 0.6) is 0 Å². The summed E-state index contributed by atoms with van der Waals surface area (Å²) in [6, 6.07) is 0.315. The van der Waals surface area contributed by atoms with Crippen LogP contribution in [0.3, 0.4) is 0 Å². The Hall–Kier alpha value is -1.46. The largest absolute Gasteiger partial charge is 0.444 e. The highest BCUT2D eigenvalue weighted by Gasteiger charge is 2.15. The maximum absolute atomic E-state index is 11.3. The zero-order chi connectivity index (χ0) is 14.2. The van der Waals surface area contributed by atoms with Crippen LogP contribution in [0.4, 0.5) is 4.79 Å². The average molecular weight is 258 g/mol.